The van der Waals surface area contributed by atoms with E-state index in [0.717, 1.165) is 56.7 Å². The molecule has 0 amide bonds. The van der Waals surface area contributed by atoms with E-state index in [9.17, 15) is 0 Å². The van der Waals surface area contributed by atoms with Gasteiger partial charge in [-0.15, -0.1) is 0 Å². The van der Waals surface area contributed by atoms with Gasteiger partial charge in [0.25, 0.3) is 6.71 Å². The fourth-order valence-corrected chi connectivity index (χ4v) is 12.0. The number of hydrogen-bond acceptors (Lipinski definition) is 4. The van der Waals surface area contributed by atoms with Gasteiger partial charge < -0.3 is 9.80 Å². The van der Waals surface area contributed by atoms with Gasteiger partial charge in [-0.2, -0.15) is 0 Å². The number of rotatable bonds is 5. The van der Waals surface area contributed by atoms with E-state index in [1.165, 1.54) is 72.3 Å². The van der Waals surface area contributed by atoms with E-state index in [-0.39, 0.29) is 50.0 Å². The summed E-state index contributed by atoms with van der Waals surface area (Å²) < 4.78 is 0. The van der Waals surface area contributed by atoms with Gasteiger partial charge in [-0.3, -0.25) is 0 Å². The first-order chi connectivity index (χ1) is 38.2. The van der Waals surface area contributed by atoms with Crippen LogP contribution in [0.4, 0.5) is 34.1 Å². The first-order valence-corrected chi connectivity index (χ1v) is 30.7. The molecular formula is C78H95BN4. The number of hydrogen-bond donors (Lipinski definition) is 0. The third-order valence-electron chi connectivity index (χ3n) is 17.7. The van der Waals surface area contributed by atoms with Gasteiger partial charge in [0.1, 0.15) is 0 Å². The number of aromatic nitrogens is 2. The third-order valence-corrected chi connectivity index (χ3v) is 17.7. The zero-order valence-electron chi connectivity index (χ0n) is 55.1. The van der Waals surface area contributed by atoms with Gasteiger partial charge in [0.05, 0.1) is 11.4 Å². The summed E-state index contributed by atoms with van der Waals surface area (Å²) in [7, 11) is 0. The highest BCUT2D eigenvalue weighted by Crippen LogP contribution is 2.49. The van der Waals surface area contributed by atoms with Crippen molar-refractivity contribution in [1.82, 2.24) is 9.97 Å². The standard InChI is InChI=1S/C78H95BN4/c1-71(2,3)51-25-31-59(32-26-51)82-65-45-53(73(7,8)9)29-35-61(65)79-62-36-30-54(74(10,11)12)46-66(62)83(60-33-27-52(28-34-60)72(4,5)6)68-42-49(41-67(82)69(68)79)64-47-63(48-37-55(75(13,14)15)43-56(38-48)76(16,17)18)80-70(81-64)50-39-57(77(19,20)21)44-58(40-50)78(22,23)24/h25-47H,1-24H3. The normalized spacial score (nSPS) is 14.2. The molecule has 3 heterocycles. The maximum atomic E-state index is 5.86. The van der Waals surface area contributed by atoms with Gasteiger partial charge in [0.2, 0.25) is 0 Å². The van der Waals surface area contributed by atoms with Crippen LogP contribution in [0.5, 0.6) is 0 Å². The molecule has 1 aromatic heterocycles. The second kappa shape index (κ2) is 20.0. The Balaban J connectivity index is 1.38. The van der Waals surface area contributed by atoms with Crippen LogP contribution < -0.4 is 26.2 Å². The van der Waals surface area contributed by atoms with Crippen molar-refractivity contribution in [2.24, 2.45) is 0 Å². The largest absolute Gasteiger partial charge is 0.311 e. The highest BCUT2D eigenvalue weighted by Gasteiger charge is 2.45. The van der Waals surface area contributed by atoms with Crippen LogP contribution in [0.25, 0.3) is 33.9 Å². The van der Waals surface area contributed by atoms with Crippen molar-refractivity contribution in [3.63, 3.8) is 0 Å². The Kier molecular flexibility index (Phi) is 14.3. The van der Waals surface area contributed by atoms with Crippen molar-refractivity contribution < 1.29 is 0 Å². The second-order valence-electron chi connectivity index (χ2n) is 32.7. The summed E-state index contributed by atoms with van der Waals surface area (Å²) in [6.45, 7) is 55.6. The van der Waals surface area contributed by atoms with Gasteiger partial charge in [0.15, 0.2) is 5.82 Å². The van der Waals surface area contributed by atoms with E-state index in [0.29, 0.717) is 0 Å². The number of fused-ring (bicyclic) bond motifs is 4. The van der Waals surface area contributed by atoms with E-state index in [1.54, 1.807) is 0 Å². The highest BCUT2D eigenvalue weighted by molar-refractivity contribution is 7.00. The lowest BCUT2D eigenvalue weighted by Gasteiger charge is -2.45. The summed E-state index contributed by atoms with van der Waals surface area (Å²) in [5.41, 5.74) is 25.6. The minimum absolute atomic E-state index is 0.0108. The molecule has 10 rings (SSSR count). The third kappa shape index (κ3) is 11.5. The molecule has 0 fully saturated rings. The summed E-state index contributed by atoms with van der Waals surface area (Å²) >= 11 is 0. The van der Waals surface area contributed by atoms with Crippen LogP contribution >= 0.6 is 0 Å². The van der Waals surface area contributed by atoms with E-state index in [2.05, 4.69) is 315 Å². The summed E-state index contributed by atoms with van der Waals surface area (Å²) in [5, 5.41) is 0. The maximum absolute atomic E-state index is 5.86. The maximum Gasteiger partial charge on any atom is 0.252 e. The van der Waals surface area contributed by atoms with Gasteiger partial charge >= 0.3 is 0 Å². The molecule has 5 heteroatoms. The molecule has 0 unspecified atom stereocenters. The Bertz CT molecular complexity index is 3490. The summed E-state index contributed by atoms with van der Waals surface area (Å²) in [6, 6.07) is 55.0. The van der Waals surface area contributed by atoms with E-state index in [4.69, 9.17) is 9.97 Å². The van der Waals surface area contributed by atoms with Crippen LogP contribution in [0.2, 0.25) is 0 Å². The lowest BCUT2D eigenvalue weighted by Crippen LogP contribution is -2.61. The van der Waals surface area contributed by atoms with Crippen molar-refractivity contribution >= 4 is 57.2 Å². The van der Waals surface area contributed by atoms with E-state index in [1.807, 2.05) is 0 Å². The van der Waals surface area contributed by atoms with Crippen LogP contribution in [-0.4, -0.2) is 16.7 Å². The summed E-state index contributed by atoms with van der Waals surface area (Å²) in [6.07, 6.45) is 0. The Hall–Kier alpha value is -6.72. The predicted molar refractivity (Wildman–Crippen MR) is 362 cm³/mol. The fraction of sp³-hybridized carbons (Fsp3) is 0.410. The zero-order chi connectivity index (χ0) is 60.7. The fourth-order valence-electron chi connectivity index (χ4n) is 12.0. The Morgan fingerprint density at radius 2 is 0.554 bits per heavy atom. The lowest BCUT2D eigenvalue weighted by atomic mass is 9.33. The van der Waals surface area contributed by atoms with Crippen LogP contribution in [-0.2, 0) is 43.3 Å². The van der Waals surface area contributed by atoms with Crippen molar-refractivity contribution in [2.75, 3.05) is 9.80 Å². The molecular weight excluding hydrogens is 1000 g/mol. The Morgan fingerprint density at radius 3 is 0.867 bits per heavy atom. The molecule has 430 valence electrons. The second-order valence-corrected chi connectivity index (χ2v) is 32.7. The average Bonchev–Trinajstić information content (AvgIpc) is 0.815. The van der Waals surface area contributed by atoms with Crippen molar-refractivity contribution in [1.29, 1.82) is 0 Å². The van der Waals surface area contributed by atoms with E-state index >= 15 is 0 Å². The number of nitrogens with zero attached hydrogens (tertiary/aromatic N) is 4. The van der Waals surface area contributed by atoms with Gasteiger partial charge in [0, 0.05) is 50.8 Å². The first-order valence-electron chi connectivity index (χ1n) is 30.7. The molecule has 0 bridgehead atoms. The quantitative estimate of drug-likeness (QED) is 0.161. The molecule has 8 aromatic rings. The molecule has 83 heavy (non-hydrogen) atoms. The van der Waals surface area contributed by atoms with Crippen LogP contribution in [0.15, 0.2) is 140 Å². The molecule has 0 aliphatic carbocycles. The SMILES string of the molecule is CC(C)(C)c1ccc(N2c3cc(C(C)(C)C)ccc3B3c4ccc(C(C)(C)C)cc4N(c4ccc(C(C)(C)C)cc4)c4cc(-c5cc(-c6cc(C(C)(C)C)cc(C(C)(C)C)c6)nc(-c6cc(C(C)(C)C)cc(C(C)(C)C)c6)n5)cc2c43)cc1. The molecule has 7 aromatic carbocycles. The molecule has 4 nitrogen and oxygen atoms in total. The van der Waals surface area contributed by atoms with Crippen LogP contribution in [0.1, 0.15) is 211 Å². The van der Waals surface area contributed by atoms with Gasteiger partial charge in [-0.25, -0.2) is 9.97 Å². The van der Waals surface area contributed by atoms with Crippen LogP contribution in [0, 0.1) is 0 Å². The van der Waals surface area contributed by atoms with Crippen molar-refractivity contribution in [3.05, 3.63) is 184 Å². The van der Waals surface area contributed by atoms with Gasteiger partial charge in [-0.1, -0.05) is 227 Å². The molecule has 0 N–H and O–H groups in total. The Labute approximate surface area is 501 Å². The zero-order valence-corrected chi connectivity index (χ0v) is 55.1. The average molecular weight is 1100 g/mol. The van der Waals surface area contributed by atoms with Crippen molar-refractivity contribution in [3.8, 4) is 33.9 Å². The highest BCUT2D eigenvalue weighted by atomic mass is 15.2. The molecule has 0 saturated carbocycles. The number of anilines is 6. The van der Waals surface area contributed by atoms with Gasteiger partial charge in [-0.05, 0) is 183 Å². The minimum Gasteiger partial charge on any atom is -0.311 e. The molecule has 0 atom stereocenters. The monoisotopic (exact) mass is 1100 g/mol. The minimum atomic E-state index is -0.105. The summed E-state index contributed by atoms with van der Waals surface area (Å²) in [5.74, 6) is 0.724. The lowest BCUT2D eigenvalue weighted by molar-refractivity contribution is 0.568. The smallest absolute Gasteiger partial charge is 0.252 e. The topological polar surface area (TPSA) is 32.3 Å². The Morgan fingerprint density at radius 1 is 0.265 bits per heavy atom. The number of benzene rings is 7. The molecule has 0 spiro atoms. The van der Waals surface area contributed by atoms with E-state index < -0.39 is 0 Å². The predicted octanol–water partition coefficient (Wildman–Crippen LogP) is 19.9. The molecule has 2 aliphatic rings. The molecule has 0 saturated heterocycles. The van der Waals surface area contributed by atoms with Crippen LogP contribution in [0.3, 0.4) is 0 Å². The van der Waals surface area contributed by atoms with Crippen molar-refractivity contribution in [2.45, 2.75) is 209 Å². The first kappa shape index (κ1) is 59.4. The summed E-state index contributed by atoms with van der Waals surface area (Å²) in [4.78, 5) is 16.7. The molecule has 2 aliphatic heterocycles. The molecule has 0 radical (unpaired) electrons.